The van der Waals surface area contributed by atoms with Gasteiger partial charge in [-0.2, -0.15) is 0 Å². The van der Waals surface area contributed by atoms with Gasteiger partial charge in [-0.1, -0.05) is 6.07 Å². The van der Waals surface area contributed by atoms with E-state index in [-0.39, 0.29) is 12.2 Å². The van der Waals surface area contributed by atoms with E-state index in [1.165, 1.54) is 10.8 Å². The molecule has 3 rings (SSSR count). The minimum absolute atomic E-state index is 0.135. The average molecular weight is 325 g/mol. The Bertz CT molecular complexity index is 1050. The van der Waals surface area contributed by atoms with Crippen molar-refractivity contribution < 1.29 is 9.53 Å². The maximum atomic E-state index is 12.1. The second-order valence-electron chi connectivity index (χ2n) is 5.22. The maximum absolute atomic E-state index is 12.1. The van der Waals surface area contributed by atoms with Crippen molar-refractivity contribution in [1.29, 1.82) is 0 Å². The van der Waals surface area contributed by atoms with Gasteiger partial charge in [0.05, 0.1) is 17.8 Å². The quantitative estimate of drug-likeness (QED) is 0.738. The largest absolute Gasteiger partial charge is 0.462 e. The highest BCUT2D eigenvalue weighted by Crippen LogP contribution is 2.18. The summed E-state index contributed by atoms with van der Waals surface area (Å²) in [6.45, 7) is 3.74. The van der Waals surface area contributed by atoms with Crippen LogP contribution >= 0.6 is 0 Å². The van der Waals surface area contributed by atoms with Crippen molar-refractivity contribution in [2.45, 2.75) is 13.8 Å². The highest BCUT2D eigenvalue weighted by Gasteiger charge is 2.15. The molecule has 0 radical (unpaired) electrons. The van der Waals surface area contributed by atoms with Crippen LogP contribution in [0.1, 0.15) is 22.8 Å². The van der Waals surface area contributed by atoms with E-state index >= 15 is 0 Å². The Kier molecular flexibility index (Phi) is 3.99. The molecule has 0 aliphatic rings. The molecule has 0 atom stereocenters. The molecule has 122 valence electrons. The number of aromatic amines is 1. The van der Waals surface area contributed by atoms with Crippen LogP contribution in [-0.2, 0) is 4.74 Å². The summed E-state index contributed by atoms with van der Waals surface area (Å²) in [5.41, 5.74) is 0.626. The number of aromatic nitrogens is 3. The number of ether oxygens (including phenoxy) is 1. The summed E-state index contributed by atoms with van der Waals surface area (Å²) < 4.78 is 6.03. The van der Waals surface area contributed by atoms with Gasteiger partial charge in [0, 0.05) is 17.8 Å². The van der Waals surface area contributed by atoms with Gasteiger partial charge in [-0.25, -0.2) is 9.59 Å². The number of nitrogens with one attached hydrogen (secondary N) is 1. The van der Waals surface area contributed by atoms with Gasteiger partial charge in [0.15, 0.2) is 0 Å². The molecular formula is C17H15N3O4. The molecule has 1 N–H and O–H groups in total. The first-order chi connectivity index (χ1) is 11.5. The average Bonchev–Trinajstić information content (AvgIpc) is 2.55. The van der Waals surface area contributed by atoms with E-state index in [2.05, 4.69) is 9.97 Å². The van der Waals surface area contributed by atoms with Crippen molar-refractivity contribution in [3.63, 3.8) is 0 Å². The lowest BCUT2D eigenvalue weighted by Gasteiger charge is -2.09. The number of carbonyl (C=O) groups excluding carboxylic acids is 1. The zero-order valence-corrected chi connectivity index (χ0v) is 13.2. The van der Waals surface area contributed by atoms with Crippen molar-refractivity contribution in [1.82, 2.24) is 14.5 Å². The lowest BCUT2D eigenvalue weighted by Crippen LogP contribution is -2.33. The zero-order valence-electron chi connectivity index (χ0n) is 13.2. The van der Waals surface area contributed by atoms with Crippen LogP contribution in [0.3, 0.4) is 0 Å². The number of carbonyl (C=O) groups is 1. The number of hydrogen-bond acceptors (Lipinski definition) is 5. The van der Waals surface area contributed by atoms with Crippen LogP contribution in [-0.4, -0.2) is 27.1 Å². The second kappa shape index (κ2) is 6.11. The number of aryl methyl sites for hydroxylation is 1. The monoisotopic (exact) mass is 325 g/mol. The number of H-pyrrole nitrogens is 1. The van der Waals surface area contributed by atoms with Gasteiger partial charge in [-0.05, 0) is 37.6 Å². The number of esters is 1. The van der Waals surface area contributed by atoms with Crippen molar-refractivity contribution >= 4 is 16.9 Å². The third-order valence-electron chi connectivity index (χ3n) is 3.66. The van der Waals surface area contributed by atoms with E-state index in [0.717, 1.165) is 10.9 Å². The van der Waals surface area contributed by atoms with E-state index in [0.29, 0.717) is 11.2 Å². The summed E-state index contributed by atoms with van der Waals surface area (Å²) in [6, 6.07) is 7.18. The Morgan fingerprint density at radius 1 is 1.29 bits per heavy atom. The standard InChI is InChI=1S/C17H15N3O4/c1-3-24-16(22)13-9-20(17(23)19-15(13)21)11-4-5-12-10(2)6-7-18-14(12)8-11/h4-9H,3H2,1-2H3,(H,19,21,23). The molecule has 0 saturated carbocycles. The third kappa shape index (κ3) is 2.71. The lowest BCUT2D eigenvalue weighted by atomic mass is 10.1. The van der Waals surface area contributed by atoms with Gasteiger partial charge in [0.25, 0.3) is 5.56 Å². The SMILES string of the molecule is CCOC(=O)c1cn(-c2ccc3c(C)ccnc3c2)c(=O)[nH]c1=O. The minimum atomic E-state index is -0.776. The molecule has 2 aromatic heterocycles. The number of pyridine rings is 1. The fourth-order valence-corrected chi connectivity index (χ4v) is 2.45. The summed E-state index contributed by atoms with van der Waals surface area (Å²) in [4.78, 5) is 42.2. The van der Waals surface area contributed by atoms with Gasteiger partial charge in [0.1, 0.15) is 5.56 Å². The van der Waals surface area contributed by atoms with Crippen LogP contribution in [0.15, 0.2) is 46.2 Å². The van der Waals surface area contributed by atoms with E-state index in [1.54, 1.807) is 25.3 Å². The fourth-order valence-electron chi connectivity index (χ4n) is 2.45. The van der Waals surface area contributed by atoms with Crippen molar-refractivity contribution in [3.8, 4) is 5.69 Å². The van der Waals surface area contributed by atoms with Crippen LogP contribution in [0.4, 0.5) is 0 Å². The summed E-state index contributed by atoms with van der Waals surface area (Å²) >= 11 is 0. The molecule has 0 amide bonds. The van der Waals surface area contributed by atoms with Crippen LogP contribution in [0.2, 0.25) is 0 Å². The van der Waals surface area contributed by atoms with E-state index in [9.17, 15) is 14.4 Å². The second-order valence-corrected chi connectivity index (χ2v) is 5.22. The molecule has 0 saturated heterocycles. The van der Waals surface area contributed by atoms with Crippen molar-refractivity contribution in [2.24, 2.45) is 0 Å². The van der Waals surface area contributed by atoms with E-state index in [1.807, 2.05) is 19.1 Å². The highest BCUT2D eigenvalue weighted by atomic mass is 16.5. The first-order valence-electron chi connectivity index (χ1n) is 7.40. The first-order valence-corrected chi connectivity index (χ1v) is 7.40. The number of fused-ring (bicyclic) bond motifs is 1. The molecule has 0 unspecified atom stereocenters. The molecule has 0 fully saturated rings. The predicted molar refractivity (Wildman–Crippen MR) is 88.7 cm³/mol. The molecule has 3 aromatic rings. The van der Waals surface area contributed by atoms with Gasteiger partial charge in [-0.15, -0.1) is 0 Å². The van der Waals surface area contributed by atoms with Crippen LogP contribution < -0.4 is 11.2 Å². The molecule has 7 nitrogen and oxygen atoms in total. The minimum Gasteiger partial charge on any atom is -0.462 e. The van der Waals surface area contributed by atoms with Gasteiger partial charge < -0.3 is 4.74 Å². The van der Waals surface area contributed by atoms with Crippen LogP contribution in [0.25, 0.3) is 16.6 Å². The molecule has 24 heavy (non-hydrogen) atoms. The number of hydrogen-bond donors (Lipinski definition) is 1. The fraction of sp³-hybridized carbons (Fsp3) is 0.176. The molecule has 0 aliphatic heterocycles. The van der Waals surface area contributed by atoms with Crippen LogP contribution in [0, 0.1) is 6.92 Å². The van der Waals surface area contributed by atoms with E-state index in [4.69, 9.17) is 4.74 Å². The first kappa shape index (κ1) is 15.7. The van der Waals surface area contributed by atoms with Gasteiger partial charge in [0.2, 0.25) is 0 Å². The topological polar surface area (TPSA) is 94.1 Å². The Morgan fingerprint density at radius 3 is 2.83 bits per heavy atom. The normalized spacial score (nSPS) is 10.8. The van der Waals surface area contributed by atoms with Crippen LogP contribution in [0.5, 0.6) is 0 Å². The Balaban J connectivity index is 2.19. The summed E-state index contributed by atoms with van der Waals surface area (Å²) in [6.07, 6.45) is 2.87. The number of benzene rings is 1. The van der Waals surface area contributed by atoms with Gasteiger partial charge in [-0.3, -0.25) is 19.3 Å². The molecule has 1 aromatic carbocycles. The predicted octanol–water partition coefficient (Wildman–Crippen LogP) is 1.56. The molecule has 2 heterocycles. The molecule has 7 heteroatoms. The number of rotatable bonds is 3. The Labute approximate surface area is 136 Å². The summed E-state index contributed by atoms with van der Waals surface area (Å²) in [7, 11) is 0. The Morgan fingerprint density at radius 2 is 2.08 bits per heavy atom. The lowest BCUT2D eigenvalue weighted by molar-refractivity contribution is 0.0523. The smallest absolute Gasteiger partial charge is 0.345 e. The van der Waals surface area contributed by atoms with E-state index < -0.39 is 17.2 Å². The summed E-state index contributed by atoms with van der Waals surface area (Å²) in [5.74, 6) is -0.776. The van der Waals surface area contributed by atoms with Gasteiger partial charge >= 0.3 is 11.7 Å². The molecular weight excluding hydrogens is 310 g/mol. The molecule has 0 spiro atoms. The van der Waals surface area contributed by atoms with Crippen molar-refractivity contribution in [3.05, 3.63) is 68.6 Å². The molecule has 0 aliphatic carbocycles. The highest BCUT2D eigenvalue weighted by molar-refractivity contribution is 5.88. The zero-order chi connectivity index (χ0) is 17.3. The number of nitrogens with zero attached hydrogens (tertiary/aromatic N) is 2. The third-order valence-corrected chi connectivity index (χ3v) is 3.66. The summed E-state index contributed by atoms with van der Waals surface area (Å²) in [5, 5.41) is 0.962. The maximum Gasteiger partial charge on any atom is 0.345 e. The molecule has 0 bridgehead atoms. The van der Waals surface area contributed by atoms with Crippen molar-refractivity contribution in [2.75, 3.05) is 6.61 Å². The Hall–Kier alpha value is -3.22.